The van der Waals surface area contributed by atoms with Crippen LogP contribution >= 0.6 is 0 Å². The summed E-state index contributed by atoms with van der Waals surface area (Å²) in [4.78, 5) is 24.9. The minimum Gasteiger partial charge on any atom is -0.494 e. The largest absolute Gasteiger partial charge is 0.494 e. The topological polar surface area (TPSA) is 82.8 Å². The summed E-state index contributed by atoms with van der Waals surface area (Å²) in [7, 11) is 3.03. The molecule has 18 heavy (non-hydrogen) atoms. The molecule has 1 aromatic heterocycles. The number of hydrogen-bond acceptors (Lipinski definition) is 4. The molecule has 6 heteroatoms. The first kappa shape index (κ1) is 11.1. The molecule has 1 fully saturated rings. The molecule has 2 amide bonds. The number of nitrogens with zero attached hydrogens (tertiary/aromatic N) is 2. The van der Waals surface area contributed by atoms with Crippen molar-refractivity contribution >= 4 is 11.8 Å². The van der Waals surface area contributed by atoms with Gasteiger partial charge in [0.1, 0.15) is 0 Å². The van der Waals surface area contributed by atoms with Crippen LogP contribution in [0.2, 0.25) is 0 Å². The highest BCUT2D eigenvalue weighted by Crippen LogP contribution is 2.51. The summed E-state index contributed by atoms with van der Waals surface area (Å²) < 4.78 is 1.29. The summed E-state index contributed by atoms with van der Waals surface area (Å²) in [5.41, 5.74) is 1.16. The summed E-state index contributed by atoms with van der Waals surface area (Å²) in [5, 5.41) is 19.9. The molecule has 1 aromatic rings. The summed E-state index contributed by atoms with van der Waals surface area (Å²) in [6.45, 7) is 0. The van der Waals surface area contributed by atoms with Crippen LogP contribution in [0.25, 0.3) is 0 Å². The number of piperidine rings is 1. The second-order valence-electron chi connectivity index (χ2n) is 5.01. The van der Waals surface area contributed by atoms with Crippen molar-refractivity contribution < 1.29 is 19.8 Å². The average Bonchev–Trinajstić information content (AvgIpc) is 2.80. The van der Waals surface area contributed by atoms with Crippen LogP contribution in [0.3, 0.4) is 0 Å². The Morgan fingerprint density at radius 3 is 2.39 bits per heavy atom. The molecule has 0 spiro atoms. The van der Waals surface area contributed by atoms with Gasteiger partial charge in [-0.2, -0.15) is 0 Å². The molecule has 0 saturated carbocycles. The zero-order chi connectivity index (χ0) is 13.2. The number of amides is 2. The van der Waals surface area contributed by atoms with Gasteiger partial charge in [-0.3, -0.25) is 19.1 Å². The first-order chi connectivity index (χ1) is 8.43. The lowest BCUT2D eigenvalue weighted by molar-refractivity contribution is -0.150. The van der Waals surface area contributed by atoms with E-state index in [-0.39, 0.29) is 41.8 Å². The summed E-state index contributed by atoms with van der Waals surface area (Å²) in [6.07, 6.45) is 0.591. The number of fused-ring (bicyclic) bond motifs is 3. The molecule has 2 atom stereocenters. The van der Waals surface area contributed by atoms with Crippen molar-refractivity contribution in [2.75, 3.05) is 7.05 Å². The molecule has 3 rings (SSSR count). The van der Waals surface area contributed by atoms with E-state index >= 15 is 0 Å². The van der Waals surface area contributed by atoms with Crippen molar-refractivity contribution in [1.29, 1.82) is 0 Å². The van der Waals surface area contributed by atoms with Crippen molar-refractivity contribution in [1.82, 2.24) is 9.47 Å². The molecule has 1 aliphatic carbocycles. The molecular weight excluding hydrogens is 236 g/mol. The van der Waals surface area contributed by atoms with Crippen LogP contribution in [0.15, 0.2) is 0 Å². The molecule has 0 radical (unpaired) electrons. The Hall–Kier alpha value is -1.98. The van der Waals surface area contributed by atoms with E-state index in [9.17, 15) is 19.8 Å². The summed E-state index contributed by atoms with van der Waals surface area (Å²) in [6, 6.07) is 0. The minimum absolute atomic E-state index is 0.0141. The molecule has 96 valence electrons. The fourth-order valence-corrected chi connectivity index (χ4v) is 3.09. The number of imide groups is 1. The van der Waals surface area contributed by atoms with Gasteiger partial charge in [-0.05, 0) is 6.42 Å². The maximum absolute atomic E-state index is 12.0. The quantitative estimate of drug-likeness (QED) is 0.639. The molecule has 6 nitrogen and oxygen atoms in total. The Balaban J connectivity index is 2.12. The van der Waals surface area contributed by atoms with Crippen molar-refractivity contribution in [2.24, 2.45) is 13.0 Å². The summed E-state index contributed by atoms with van der Waals surface area (Å²) in [5.74, 6) is -1.16. The van der Waals surface area contributed by atoms with Crippen LogP contribution in [-0.2, 0) is 23.1 Å². The van der Waals surface area contributed by atoms with E-state index in [0.717, 1.165) is 4.90 Å². The van der Waals surface area contributed by atoms with E-state index in [4.69, 9.17) is 0 Å². The SMILES string of the molecule is CN1C(=O)CC2c3c(c(O)n(C)c3O)CC2C1=O. The highest BCUT2D eigenvalue weighted by atomic mass is 16.3. The van der Waals surface area contributed by atoms with E-state index in [2.05, 4.69) is 0 Å². The van der Waals surface area contributed by atoms with Gasteiger partial charge in [0, 0.05) is 37.6 Å². The van der Waals surface area contributed by atoms with Gasteiger partial charge in [0.05, 0.1) is 5.92 Å². The third-order valence-electron chi connectivity index (χ3n) is 4.17. The van der Waals surface area contributed by atoms with Crippen LogP contribution in [-0.4, -0.2) is 38.5 Å². The highest BCUT2D eigenvalue weighted by molar-refractivity contribution is 6.00. The lowest BCUT2D eigenvalue weighted by Crippen LogP contribution is -2.45. The zero-order valence-electron chi connectivity index (χ0n) is 10.2. The Kier molecular flexibility index (Phi) is 2.03. The molecular formula is C12H14N2O4. The van der Waals surface area contributed by atoms with Crippen LogP contribution in [0.1, 0.15) is 23.5 Å². The van der Waals surface area contributed by atoms with Gasteiger partial charge in [-0.1, -0.05) is 0 Å². The lowest BCUT2D eigenvalue weighted by Gasteiger charge is -2.30. The Bertz CT molecular complexity index is 575. The standard InChI is InChI=1S/C12H14N2O4/c1-13-8(15)4-5-6(10(13)16)3-7-9(5)12(18)14(2)11(7)17/h5-6,17-18H,3-4H2,1-2H3. The van der Waals surface area contributed by atoms with E-state index in [1.54, 1.807) is 7.05 Å². The van der Waals surface area contributed by atoms with Gasteiger partial charge in [0.15, 0.2) is 11.8 Å². The van der Waals surface area contributed by atoms with Crippen molar-refractivity contribution in [3.8, 4) is 11.8 Å². The number of likely N-dealkylation sites (tertiary alicyclic amines) is 1. The van der Waals surface area contributed by atoms with Crippen molar-refractivity contribution in [3.05, 3.63) is 11.1 Å². The molecule has 2 aliphatic rings. The molecule has 1 aliphatic heterocycles. The molecule has 2 heterocycles. The Morgan fingerprint density at radius 2 is 1.72 bits per heavy atom. The summed E-state index contributed by atoms with van der Waals surface area (Å²) >= 11 is 0. The van der Waals surface area contributed by atoms with Crippen LogP contribution in [0.5, 0.6) is 11.8 Å². The van der Waals surface area contributed by atoms with Gasteiger partial charge in [-0.25, -0.2) is 0 Å². The number of aromatic nitrogens is 1. The molecule has 1 saturated heterocycles. The molecule has 0 aromatic carbocycles. The maximum atomic E-state index is 12.0. The number of aromatic hydroxyl groups is 2. The first-order valence-electron chi connectivity index (χ1n) is 5.83. The highest BCUT2D eigenvalue weighted by Gasteiger charge is 2.48. The van der Waals surface area contributed by atoms with Gasteiger partial charge in [0.25, 0.3) is 0 Å². The van der Waals surface area contributed by atoms with Crippen molar-refractivity contribution in [3.63, 3.8) is 0 Å². The lowest BCUT2D eigenvalue weighted by atomic mass is 9.85. The normalized spacial score (nSPS) is 26.4. The smallest absolute Gasteiger partial charge is 0.232 e. The maximum Gasteiger partial charge on any atom is 0.232 e. The van der Waals surface area contributed by atoms with E-state index < -0.39 is 0 Å². The second-order valence-corrected chi connectivity index (χ2v) is 5.01. The minimum atomic E-state index is -0.337. The third-order valence-corrected chi connectivity index (χ3v) is 4.17. The fraction of sp³-hybridized carbons (Fsp3) is 0.500. The van der Waals surface area contributed by atoms with Gasteiger partial charge >= 0.3 is 0 Å². The number of carbonyl (C=O) groups excluding carboxylic acids is 2. The predicted molar refractivity (Wildman–Crippen MR) is 61.1 cm³/mol. The monoisotopic (exact) mass is 250 g/mol. The second kappa shape index (κ2) is 3.28. The number of carbonyl (C=O) groups is 2. The van der Waals surface area contributed by atoms with Crippen LogP contribution in [0.4, 0.5) is 0 Å². The van der Waals surface area contributed by atoms with Crippen molar-refractivity contribution in [2.45, 2.75) is 18.8 Å². The molecule has 2 unspecified atom stereocenters. The predicted octanol–water partition coefficient (Wildman–Crippen LogP) is 0.0809. The van der Waals surface area contributed by atoms with Gasteiger partial charge in [0.2, 0.25) is 11.8 Å². The van der Waals surface area contributed by atoms with Crippen LogP contribution in [0, 0.1) is 5.92 Å². The Morgan fingerprint density at radius 1 is 1.06 bits per heavy atom. The van der Waals surface area contributed by atoms with E-state index in [1.807, 2.05) is 0 Å². The van der Waals surface area contributed by atoms with Crippen LogP contribution < -0.4 is 0 Å². The fourth-order valence-electron chi connectivity index (χ4n) is 3.09. The van der Waals surface area contributed by atoms with Gasteiger partial charge < -0.3 is 10.2 Å². The van der Waals surface area contributed by atoms with Gasteiger partial charge in [-0.15, -0.1) is 0 Å². The first-order valence-corrected chi connectivity index (χ1v) is 5.83. The molecule has 2 N–H and O–H groups in total. The van der Waals surface area contributed by atoms with E-state index in [1.165, 1.54) is 11.6 Å². The molecule has 0 bridgehead atoms. The zero-order valence-corrected chi connectivity index (χ0v) is 10.2. The third kappa shape index (κ3) is 1.12. The Labute approximate surface area is 103 Å². The average molecular weight is 250 g/mol. The number of hydrogen-bond donors (Lipinski definition) is 2. The number of rotatable bonds is 0. The van der Waals surface area contributed by atoms with E-state index in [0.29, 0.717) is 17.5 Å².